The van der Waals surface area contributed by atoms with E-state index in [1.807, 2.05) is 0 Å². The molecule has 0 fully saturated rings. The number of halogens is 1. The minimum absolute atomic E-state index is 0.706. The molecule has 0 saturated carbocycles. The first kappa shape index (κ1) is 10.2. The van der Waals surface area contributed by atoms with E-state index >= 15 is 0 Å². The second-order valence-corrected chi connectivity index (χ2v) is 2.49. The highest BCUT2D eigenvalue weighted by molar-refractivity contribution is 6.18. The van der Waals surface area contributed by atoms with Gasteiger partial charge in [-0.1, -0.05) is 6.92 Å². The average Bonchev–Trinajstić information content (AvgIpc) is 1.98. The quantitative estimate of drug-likeness (QED) is 0.549. The molecule has 0 saturated heterocycles. The first-order valence-corrected chi connectivity index (χ1v) is 4.15. The maximum absolute atomic E-state index is 5.57. The zero-order chi connectivity index (χ0) is 7.82. The van der Waals surface area contributed by atoms with Crippen molar-refractivity contribution in [3.8, 4) is 0 Å². The zero-order valence-corrected chi connectivity index (χ0v) is 7.52. The van der Waals surface area contributed by atoms with Crippen molar-refractivity contribution in [2.45, 2.75) is 6.92 Å². The third kappa shape index (κ3) is 5.03. The van der Waals surface area contributed by atoms with Crippen molar-refractivity contribution in [3.05, 3.63) is 0 Å². The lowest BCUT2D eigenvalue weighted by Crippen LogP contribution is -2.28. The van der Waals surface area contributed by atoms with Crippen LogP contribution in [0.2, 0.25) is 0 Å². The van der Waals surface area contributed by atoms with E-state index < -0.39 is 0 Å². The molecule has 0 aromatic carbocycles. The number of hydrogen-bond acceptors (Lipinski definition) is 2. The largest absolute Gasteiger partial charge is 0.383 e. The van der Waals surface area contributed by atoms with Gasteiger partial charge in [0, 0.05) is 26.1 Å². The van der Waals surface area contributed by atoms with Crippen LogP contribution in [0.4, 0.5) is 0 Å². The molecule has 0 radical (unpaired) electrons. The Morgan fingerprint density at radius 2 is 2.10 bits per heavy atom. The van der Waals surface area contributed by atoms with Crippen LogP contribution in [-0.2, 0) is 4.74 Å². The lowest BCUT2D eigenvalue weighted by Gasteiger charge is -2.17. The van der Waals surface area contributed by atoms with Gasteiger partial charge in [-0.3, -0.25) is 0 Å². The topological polar surface area (TPSA) is 12.5 Å². The molecule has 10 heavy (non-hydrogen) atoms. The number of ether oxygens (including phenoxy) is 1. The molecule has 0 amide bonds. The first-order valence-electron chi connectivity index (χ1n) is 3.62. The highest BCUT2D eigenvalue weighted by atomic mass is 35.5. The summed E-state index contributed by atoms with van der Waals surface area (Å²) in [4.78, 5) is 2.26. The van der Waals surface area contributed by atoms with Crippen molar-refractivity contribution in [2.75, 3.05) is 39.2 Å². The van der Waals surface area contributed by atoms with Crippen molar-refractivity contribution in [2.24, 2.45) is 0 Å². The van der Waals surface area contributed by atoms with Crippen LogP contribution in [0, 0.1) is 0 Å². The van der Waals surface area contributed by atoms with Gasteiger partial charge in [-0.15, -0.1) is 11.6 Å². The smallest absolute Gasteiger partial charge is 0.0589 e. The third-order valence-corrected chi connectivity index (χ3v) is 1.63. The third-order valence-electron chi connectivity index (χ3n) is 1.46. The standard InChI is InChI=1S/C7H16ClNO/c1-3-9(5-4-8)6-7-10-2/h3-7H2,1-2H3. The van der Waals surface area contributed by atoms with Crippen molar-refractivity contribution >= 4 is 11.6 Å². The van der Waals surface area contributed by atoms with E-state index in [1.54, 1.807) is 7.11 Å². The molecule has 0 atom stereocenters. The summed E-state index contributed by atoms with van der Waals surface area (Å²) in [6, 6.07) is 0. The summed E-state index contributed by atoms with van der Waals surface area (Å²) in [6.45, 7) is 5.92. The average molecular weight is 166 g/mol. The summed E-state index contributed by atoms with van der Waals surface area (Å²) in [5, 5.41) is 0. The molecule has 0 aromatic rings. The zero-order valence-electron chi connectivity index (χ0n) is 6.77. The monoisotopic (exact) mass is 165 g/mol. The molecule has 0 aliphatic rings. The SMILES string of the molecule is CCN(CCCl)CCOC. The molecule has 0 aliphatic heterocycles. The minimum Gasteiger partial charge on any atom is -0.383 e. The Morgan fingerprint density at radius 1 is 1.40 bits per heavy atom. The molecule has 0 rings (SSSR count). The molecule has 0 heterocycles. The van der Waals surface area contributed by atoms with Gasteiger partial charge in [0.05, 0.1) is 6.61 Å². The molecule has 2 nitrogen and oxygen atoms in total. The molecule has 0 spiro atoms. The van der Waals surface area contributed by atoms with Gasteiger partial charge in [0.2, 0.25) is 0 Å². The predicted octanol–water partition coefficient (Wildman–Crippen LogP) is 1.19. The minimum atomic E-state index is 0.706. The molecule has 0 N–H and O–H groups in total. The molecule has 0 unspecified atom stereocenters. The summed E-state index contributed by atoms with van der Waals surface area (Å²) in [7, 11) is 1.72. The van der Waals surface area contributed by atoms with E-state index in [2.05, 4.69) is 11.8 Å². The van der Waals surface area contributed by atoms with Crippen LogP contribution in [0.25, 0.3) is 0 Å². The van der Waals surface area contributed by atoms with Crippen LogP contribution in [0.3, 0.4) is 0 Å². The Balaban J connectivity index is 3.21. The van der Waals surface area contributed by atoms with E-state index in [0.717, 1.165) is 26.2 Å². The molecule has 0 aromatic heterocycles. The normalized spacial score (nSPS) is 10.8. The fourth-order valence-electron chi connectivity index (χ4n) is 0.768. The Kier molecular flexibility index (Phi) is 7.47. The van der Waals surface area contributed by atoms with Gasteiger partial charge < -0.3 is 9.64 Å². The molecular formula is C7H16ClNO. The molecule has 3 heteroatoms. The van der Waals surface area contributed by atoms with Gasteiger partial charge >= 0.3 is 0 Å². The maximum atomic E-state index is 5.57. The summed E-state index contributed by atoms with van der Waals surface area (Å²) < 4.78 is 4.94. The Labute approximate surface area is 68.1 Å². The van der Waals surface area contributed by atoms with Gasteiger partial charge in [-0.05, 0) is 6.54 Å². The van der Waals surface area contributed by atoms with Crippen LogP contribution < -0.4 is 0 Å². The van der Waals surface area contributed by atoms with Gasteiger partial charge in [0.1, 0.15) is 0 Å². The van der Waals surface area contributed by atoms with Crippen LogP contribution in [-0.4, -0.2) is 44.1 Å². The molecular weight excluding hydrogens is 150 g/mol. The van der Waals surface area contributed by atoms with Crippen molar-refractivity contribution in [1.82, 2.24) is 4.90 Å². The van der Waals surface area contributed by atoms with E-state index in [0.29, 0.717) is 5.88 Å². The van der Waals surface area contributed by atoms with Gasteiger partial charge in [0.25, 0.3) is 0 Å². The maximum Gasteiger partial charge on any atom is 0.0589 e. The van der Waals surface area contributed by atoms with E-state index in [4.69, 9.17) is 16.3 Å². The number of methoxy groups -OCH3 is 1. The number of nitrogens with zero attached hydrogens (tertiary/aromatic N) is 1. The Hall–Kier alpha value is 0.210. The number of rotatable bonds is 6. The van der Waals surface area contributed by atoms with Crippen LogP contribution >= 0.6 is 11.6 Å². The second kappa shape index (κ2) is 7.32. The van der Waals surface area contributed by atoms with Crippen LogP contribution in [0.5, 0.6) is 0 Å². The van der Waals surface area contributed by atoms with E-state index in [1.165, 1.54) is 0 Å². The summed E-state index contributed by atoms with van der Waals surface area (Å²) >= 11 is 5.57. The molecule has 0 bridgehead atoms. The highest BCUT2D eigenvalue weighted by Gasteiger charge is 1.98. The lowest BCUT2D eigenvalue weighted by atomic mass is 10.5. The van der Waals surface area contributed by atoms with Gasteiger partial charge in [-0.2, -0.15) is 0 Å². The molecule has 62 valence electrons. The molecule has 0 aliphatic carbocycles. The van der Waals surface area contributed by atoms with Gasteiger partial charge in [-0.25, -0.2) is 0 Å². The van der Waals surface area contributed by atoms with Crippen molar-refractivity contribution < 1.29 is 4.74 Å². The van der Waals surface area contributed by atoms with E-state index in [-0.39, 0.29) is 0 Å². The van der Waals surface area contributed by atoms with Crippen molar-refractivity contribution in [1.29, 1.82) is 0 Å². The van der Waals surface area contributed by atoms with Crippen LogP contribution in [0.15, 0.2) is 0 Å². The van der Waals surface area contributed by atoms with Gasteiger partial charge in [0.15, 0.2) is 0 Å². The number of alkyl halides is 1. The Morgan fingerprint density at radius 3 is 2.50 bits per heavy atom. The number of likely N-dealkylation sites (N-methyl/N-ethyl adjacent to an activating group) is 1. The predicted molar refractivity (Wildman–Crippen MR) is 44.7 cm³/mol. The second-order valence-electron chi connectivity index (χ2n) is 2.12. The Bertz CT molecular complexity index is 70.6. The number of hydrogen-bond donors (Lipinski definition) is 0. The van der Waals surface area contributed by atoms with Crippen molar-refractivity contribution in [3.63, 3.8) is 0 Å². The lowest BCUT2D eigenvalue weighted by molar-refractivity contribution is 0.154. The fourth-order valence-corrected chi connectivity index (χ4v) is 1.01. The summed E-state index contributed by atoms with van der Waals surface area (Å²) in [6.07, 6.45) is 0. The van der Waals surface area contributed by atoms with Crippen LogP contribution in [0.1, 0.15) is 6.92 Å². The highest BCUT2D eigenvalue weighted by Crippen LogP contribution is 1.88. The first-order chi connectivity index (χ1) is 4.85. The fraction of sp³-hybridized carbons (Fsp3) is 1.00. The van der Waals surface area contributed by atoms with E-state index in [9.17, 15) is 0 Å². The summed E-state index contributed by atoms with van der Waals surface area (Å²) in [5.74, 6) is 0.706. The summed E-state index contributed by atoms with van der Waals surface area (Å²) in [5.41, 5.74) is 0.